The molecule has 0 atom stereocenters. The molecule has 2 N–H and O–H groups in total. The summed E-state index contributed by atoms with van der Waals surface area (Å²) in [4.78, 5) is 8.22. The van der Waals surface area contributed by atoms with E-state index in [4.69, 9.17) is 4.74 Å². The van der Waals surface area contributed by atoms with Gasteiger partial charge in [-0.25, -0.2) is 4.98 Å². The van der Waals surface area contributed by atoms with E-state index in [0.717, 1.165) is 11.5 Å². The monoisotopic (exact) mass is 376 g/mol. The van der Waals surface area contributed by atoms with Crippen LogP contribution in [0.3, 0.4) is 0 Å². The van der Waals surface area contributed by atoms with Crippen molar-refractivity contribution < 1.29 is 4.74 Å². The Morgan fingerprint density at radius 3 is 2.95 bits per heavy atom. The lowest BCUT2D eigenvalue weighted by molar-refractivity contribution is 0.326. The van der Waals surface area contributed by atoms with Crippen LogP contribution in [0, 0.1) is 0 Å². The minimum absolute atomic E-state index is 0. The molecular formula is C13H21IN4O. The van der Waals surface area contributed by atoms with Crippen molar-refractivity contribution in [1.29, 1.82) is 0 Å². The molecule has 0 aromatic carbocycles. The molecule has 0 radical (unpaired) electrons. The van der Waals surface area contributed by atoms with Crippen molar-refractivity contribution >= 4 is 29.9 Å². The predicted octanol–water partition coefficient (Wildman–Crippen LogP) is 1.95. The lowest BCUT2D eigenvalue weighted by Crippen LogP contribution is -2.36. The van der Waals surface area contributed by atoms with E-state index in [1.807, 2.05) is 19.1 Å². The molecule has 6 heteroatoms. The van der Waals surface area contributed by atoms with Gasteiger partial charge in [0.05, 0.1) is 6.61 Å². The standard InChI is InChI=1S/C13H20N4O.HI/c1-4-7-16-13(14-3)17-10-11-6-8-15-12(9-11)18-5-2;/h4,6,8-9H,1,5,7,10H2,2-3H3,(H2,14,16,17);1H. The zero-order valence-corrected chi connectivity index (χ0v) is 13.7. The number of halogens is 1. The number of guanidine groups is 1. The molecule has 0 saturated carbocycles. The topological polar surface area (TPSA) is 58.5 Å². The van der Waals surface area contributed by atoms with Crippen LogP contribution in [-0.2, 0) is 6.54 Å². The Morgan fingerprint density at radius 1 is 1.53 bits per heavy atom. The molecule has 0 saturated heterocycles. The minimum atomic E-state index is 0. The largest absolute Gasteiger partial charge is 0.478 e. The van der Waals surface area contributed by atoms with Crippen LogP contribution in [0.2, 0.25) is 0 Å². The van der Waals surface area contributed by atoms with Gasteiger partial charge in [-0.1, -0.05) is 6.08 Å². The fraction of sp³-hybridized carbons (Fsp3) is 0.385. The quantitative estimate of drug-likeness (QED) is 0.345. The lowest BCUT2D eigenvalue weighted by atomic mass is 10.2. The summed E-state index contributed by atoms with van der Waals surface area (Å²) in [7, 11) is 1.73. The Balaban J connectivity index is 0.00000324. The Morgan fingerprint density at radius 2 is 2.32 bits per heavy atom. The van der Waals surface area contributed by atoms with Crippen molar-refractivity contribution in [2.75, 3.05) is 20.2 Å². The maximum Gasteiger partial charge on any atom is 0.213 e. The van der Waals surface area contributed by atoms with Crippen molar-refractivity contribution in [2.24, 2.45) is 4.99 Å². The van der Waals surface area contributed by atoms with E-state index in [9.17, 15) is 0 Å². The number of hydrogen-bond donors (Lipinski definition) is 2. The highest BCUT2D eigenvalue weighted by atomic mass is 127. The second-order valence-electron chi connectivity index (χ2n) is 3.53. The summed E-state index contributed by atoms with van der Waals surface area (Å²) in [6.07, 6.45) is 3.52. The molecule has 106 valence electrons. The van der Waals surface area contributed by atoms with Crippen molar-refractivity contribution in [3.63, 3.8) is 0 Å². The Labute approximate surface area is 131 Å². The molecule has 1 aromatic rings. The molecule has 0 spiro atoms. The van der Waals surface area contributed by atoms with Gasteiger partial charge in [-0.2, -0.15) is 0 Å². The zero-order chi connectivity index (χ0) is 13.2. The summed E-state index contributed by atoms with van der Waals surface area (Å²) < 4.78 is 5.35. The van der Waals surface area contributed by atoms with Gasteiger partial charge >= 0.3 is 0 Å². The summed E-state index contributed by atoms with van der Waals surface area (Å²) >= 11 is 0. The molecule has 1 heterocycles. The third-order valence-corrected chi connectivity index (χ3v) is 2.19. The average Bonchev–Trinajstić information content (AvgIpc) is 2.40. The third-order valence-electron chi connectivity index (χ3n) is 2.19. The normalized spacial score (nSPS) is 10.3. The number of aliphatic imine (C=N–C) groups is 1. The van der Waals surface area contributed by atoms with Crippen molar-refractivity contribution in [1.82, 2.24) is 15.6 Å². The molecule has 0 aliphatic rings. The van der Waals surface area contributed by atoms with Crippen molar-refractivity contribution in [3.8, 4) is 5.88 Å². The van der Waals surface area contributed by atoms with E-state index in [2.05, 4.69) is 27.2 Å². The highest BCUT2D eigenvalue weighted by Gasteiger charge is 1.99. The van der Waals surface area contributed by atoms with Crippen LogP contribution in [-0.4, -0.2) is 31.1 Å². The van der Waals surface area contributed by atoms with E-state index in [1.165, 1.54) is 0 Å². The molecule has 0 fully saturated rings. The van der Waals surface area contributed by atoms with Gasteiger partial charge < -0.3 is 15.4 Å². The van der Waals surface area contributed by atoms with Crippen LogP contribution in [0.5, 0.6) is 5.88 Å². The fourth-order valence-corrected chi connectivity index (χ4v) is 1.36. The second kappa shape index (κ2) is 10.6. The zero-order valence-electron chi connectivity index (χ0n) is 11.3. The highest BCUT2D eigenvalue weighted by molar-refractivity contribution is 14.0. The number of ether oxygens (including phenoxy) is 1. The maximum absolute atomic E-state index is 5.35. The van der Waals surface area contributed by atoms with E-state index in [0.29, 0.717) is 25.6 Å². The molecule has 19 heavy (non-hydrogen) atoms. The van der Waals surface area contributed by atoms with E-state index in [1.54, 1.807) is 19.3 Å². The molecule has 1 aromatic heterocycles. The smallest absolute Gasteiger partial charge is 0.213 e. The first-order valence-electron chi connectivity index (χ1n) is 5.93. The molecular weight excluding hydrogens is 355 g/mol. The number of rotatable bonds is 6. The van der Waals surface area contributed by atoms with Gasteiger partial charge in [-0.15, -0.1) is 30.6 Å². The molecule has 1 rings (SSSR count). The van der Waals surface area contributed by atoms with Crippen LogP contribution < -0.4 is 15.4 Å². The fourth-order valence-electron chi connectivity index (χ4n) is 1.36. The van der Waals surface area contributed by atoms with Gasteiger partial charge in [0.2, 0.25) is 5.88 Å². The first-order valence-corrected chi connectivity index (χ1v) is 5.93. The summed E-state index contributed by atoms with van der Waals surface area (Å²) in [5, 5.41) is 6.30. The Hall–Kier alpha value is -1.31. The number of aromatic nitrogens is 1. The van der Waals surface area contributed by atoms with E-state index in [-0.39, 0.29) is 24.0 Å². The van der Waals surface area contributed by atoms with E-state index < -0.39 is 0 Å². The Kier molecular flexibility index (Phi) is 9.87. The predicted molar refractivity (Wildman–Crippen MR) is 89.2 cm³/mol. The number of nitrogens with zero attached hydrogens (tertiary/aromatic N) is 2. The maximum atomic E-state index is 5.35. The van der Waals surface area contributed by atoms with Gasteiger partial charge in [-0.3, -0.25) is 4.99 Å². The molecule has 5 nitrogen and oxygen atoms in total. The lowest BCUT2D eigenvalue weighted by Gasteiger charge is -2.11. The molecule has 0 unspecified atom stereocenters. The summed E-state index contributed by atoms with van der Waals surface area (Å²) in [6.45, 7) is 7.55. The van der Waals surface area contributed by atoms with Crippen LogP contribution in [0.4, 0.5) is 0 Å². The highest BCUT2D eigenvalue weighted by Crippen LogP contribution is 2.08. The van der Waals surface area contributed by atoms with E-state index >= 15 is 0 Å². The summed E-state index contributed by atoms with van der Waals surface area (Å²) in [5.74, 6) is 1.38. The molecule has 0 aliphatic carbocycles. The Bertz CT molecular complexity index is 409. The molecule has 0 bridgehead atoms. The third kappa shape index (κ3) is 7.00. The van der Waals surface area contributed by atoms with Crippen molar-refractivity contribution in [3.05, 3.63) is 36.5 Å². The van der Waals surface area contributed by atoms with Crippen molar-refractivity contribution in [2.45, 2.75) is 13.5 Å². The van der Waals surface area contributed by atoms with Crippen LogP contribution >= 0.6 is 24.0 Å². The first kappa shape index (κ1) is 17.7. The van der Waals surface area contributed by atoms with Crippen LogP contribution in [0.1, 0.15) is 12.5 Å². The number of pyridine rings is 1. The van der Waals surface area contributed by atoms with Gasteiger partial charge in [-0.05, 0) is 18.6 Å². The summed E-state index contributed by atoms with van der Waals surface area (Å²) in [6, 6.07) is 3.85. The van der Waals surface area contributed by atoms with Crippen LogP contribution in [0.15, 0.2) is 36.0 Å². The number of nitrogens with one attached hydrogen (secondary N) is 2. The van der Waals surface area contributed by atoms with Gasteiger partial charge in [0.25, 0.3) is 0 Å². The number of hydrogen-bond acceptors (Lipinski definition) is 3. The SMILES string of the molecule is C=CCNC(=NC)NCc1ccnc(OCC)c1.I. The first-order chi connectivity index (χ1) is 8.80. The molecule has 0 aliphatic heterocycles. The van der Waals surface area contributed by atoms with Gasteiger partial charge in [0, 0.05) is 32.4 Å². The summed E-state index contributed by atoms with van der Waals surface area (Å²) in [5.41, 5.74) is 1.09. The minimum Gasteiger partial charge on any atom is -0.478 e. The van der Waals surface area contributed by atoms with Crippen LogP contribution in [0.25, 0.3) is 0 Å². The van der Waals surface area contributed by atoms with Gasteiger partial charge in [0.1, 0.15) is 0 Å². The van der Waals surface area contributed by atoms with Gasteiger partial charge in [0.15, 0.2) is 5.96 Å². The molecule has 0 amide bonds. The average molecular weight is 376 g/mol. The second-order valence-corrected chi connectivity index (χ2v) is 3.53.